The van der Waals surface area contributed by atoms with Crippen LogP contribution >= 0.6 is 57.7 Å². The number of carbonyl (C=O) groups excluding carboxylic acids is 2. The maximum Gasteiger partial charge on any atom is 0.338 e. The number of hydrogen-bond donors (Lipinski definition) is 1. The maximum absolute atomic E-state index is 13.5. The fourth-order valence-electron chi connectivity index (χ4n) is 3.97. The molecule has 1 aliphatic heterocycles. The van der Waals surface area contributed by atoms with Gasteiger partial charge in [-0.15, -0.1) is 11.3 Å². The van der Waals surface area contributed by atoms with Crippen molar-refractivity contribution in [2.75, 3.05) is 13.7 Å². The molecule has 0 bridgehead atoms. The number of fused-ring (bicyclic) bond motifs is 1. The Bertz CT molecular complexity index is 1660. The highest BCUT2D eigenvalue weighted by Gasteiger charge is 2.40. The lowest BCUT2D eigenvalue weighted by Crippen LogP contribution is -2.41. The molecule has 1 aromatic heterocycles. The summed E-state index contributed by atoms with van der Waals surface area (Å²) in [5.41, 5.74) is 6.63. The van der Waals surface area contributed by atoms with E-state index >= 15 is 0 Å². The number of aromatic nitrogens is 1. The van der Waals surface area contributed by atoms with Crippen molar-refractivity contribution in [1.29, 1.82) is 0 Å². The topological polar surface area (TPSA) is 101 Å². The molecule has 1 aliphatic rings. The van der Waals surface area contributed by atoms with E-state index in [0.29, 0.717) is 26.2 Å². The van der Waals surface area contributed by atoms with Crippen LogP contribution in [0.15, 0.2) is 46.8 Å². The molecule has 0 radical (unpaired) electrons. The Hall–Kier alpha value is -2.75. The summed E-state index contributed by atoms with van der Waals surface area (Å²) in [5.74, 6) is -2.88. The summed E-state index contributed by atoms with van der Waals surface area (Å²) >= 11 is 25.9. The van der Waals surface area contributed by atoms with Gasteiger partial charge in [-0.3, -0.25) is 9.36 Å². The zero-order valence-corrected chi connectivity index (χ0v) is 23.2. The monoisotopic (exact) mass is 598 g/mol. The van der Waals surface area contributed by atoms with Crippen LogP contribution in [-0.2, 0) is 19.1 Å². The minimum atomic E-state index is -1.10. The standard InChI is InChI=1S/C25H18Cl4N2O5S/c1-3-36-25(34)19-18(14-7-6-13(27)10-16(14)29)20(24(33)35-2)23-31(21(19)30)22(32)17(37-23)8-11-4-5-12(26)9-15(11)28/h4-10,18H,3,30H2,1-2H3. The highest BCUT2D eigenvalue weighted by atomic mass is 35.5. The van der Waals surface area contributed by atoms with Crippen molar-refractivity contribution in [2.24, 2.45) is 5.73 Å². The number of esters is 2. The molecule has 0 saturated heterocycles. The molecule has 0 spiro atoms. The predicted molar refractivity (Wildman–Crippen MR) is 147 cm³/mol. The van der Waals surface area contributed by atoms with Crippen molar-refractivity contribution in [2.45, 2.75) is 12.8 Å². The molecular weight excluding hydrogens is 582 g/mol. The van der Waals surface area contributed by atoms with Crippen LogP contribution in [0.2, 0.25) is 20.1 Å². The number of carbonyl (C=O) groups is 2. The molecule has 0 amide bonds. The molecule has 4 rings (SSSR count). The number of benzene rings is 2. The minimum Gasteiger partial charge on any atom is -0.466 e. The third-order valence-electron chi connectivity index (χ3n) is 5.57. The molecule has 37 heavy (non-hydrogen) atoms. The number of halogens is 4. The van der Waals surface area contributed by atoms with Gasteiger partial charge in [-0.2, -0.15) is 0 Å². The smallest absolute Gasteiger partial charge is 0.338 e. The van der Waals surface area contributed by atoms with Gasteiger partial charge >= 0.3 is 11.9 Å². The van der Waals surface area contributed by atoms with Crippen molar-refractivity contribution in [3.8, 4) is 0 Å². The lowest BCUT2D eigenvalue weighted by Gasteiger charge is -2.27. The molecular formula is C25H18Cl4N2O5S. The average molecular weight is 600 g/mol. The quantitative estimate of drug-likeness (QED) is 0.442. The minimum absolute atomic E-state index is 0.00655. The van der Waals surface area contributed by atoms with Crippen LogP contribution in [0, 0.1) is 0 Å². The Labute approximate surface area is 234 Å². The van der Waals surface area contributed by atoms with E-state index in [4.69, 9.17) is 61.6 Å². The second-order valence-corrected chi connectivity index (χ2v) is 10.5. The van der Waals surface area contributed by atoms with E-state index in [-0.39, 0.29) is 37.8 Å². The van der Waals surface area contributed by atoms with Gasteiger partial charge in [-0.05, 0) is 48.4 Å². The Morgan fingerprint density at radius 3 is 2.27 bits per heavy atom. The van der Waals surface area contributed by atoms with Crippen LogP contribution in [0.3, 0.4) is 0 Å². The molecule has 1 unspecified atom stereocenters. The van der Waals surface area contributed by atoms with Gasteiger partial charge in [0.15, 0.2) is 0 Å². The van der Waals surface area contributed by atoms with Gasteiger partial charge in [0.25, 0.3) is 5.56 Å². The summed E-state index contributed by atoms with van der Waals surface area (Å²) in [6, 6.07) is 9.43. The zero-order chi connectivity index (χ0) is 27.0. The Morgan fingerprint density at radius 2 is 1.68 bits per heavy atom. The number of rotatable bonds is 5. The Morgan fingerprint density at radius 1 is 1.03 bits per heavy atom. The molecule has 0 aliphatic carbocycles. The van der Waals surface area contributed by atoms with Crippen LogP contribution < -0.4 is 20.5 Å². The van der Waals surface area contributed by atoms with Crippen molar-refractivity contribution in [3.05, 3.63) is 92.7 Å². The first-order valence-electron chi connectivity index (χ1n) is 10.7. The molecule has 0 saturated carbocycles. The number of nitrogens with zero attached hydrogens (tertiary/aromatic N) is 1. The van der Waals surface area contributed by atoms with E-state index in [9.17, 15) is 14.4 Å². The molecule has 2 heterocycles. The largest absolute Gasteiger partial charge is 0.466 e. The van der Waals surface area contributed by atoms with Crippen LogP contribution in [0.4, 0.5) is 0 Å². The summed E-state index contributed by atoms with van der Waals surface area (Å²) in [5, 5.41) is 1.28. The molecule has 192 valence electrons. The van der Waals surface area contributed by atoms with Gasteiger partial charge in [0, 0.05) is 20.1 Å². The van der Waals surface area contributed by atoms with Gasteiger partial charge in [0.05, 0.1) is 35.3 Å². The van der Waals surface area contributed by atoms with Gasteiger partial charge < -0.3 is 15.2 Å². The molecule has 3 aromatic rings. The van der Waals surface area contributed by atoms with E-state index in [1.807, 2.05) is 0 Å². The zero-order valence-electron chi connectivity index (χ0n) is 19.3. The molecule has 7 nitrogen and oxygen atoms in total. The van der Waals surface area contributed by atoms with Crippen molar-refractivity contribution < 1.29 is 19.1 Å². The second kappa shape index (κ2) is 10.9. The summed E-state index contributed by atoms with van der Waals surface area (Å²) in [7, 11) is 1.19. The van der Waals surface area contributed by atoms with Crippen molar-refractivity contribution in [3.63, 3.8) is 0 Å². The summed E-state index contributed by atoms with van der Waals surface area (Å²) in [6.45, 7) is 1.65. The van der Waals surface area contributed by atoms with Gasteiger partial charge in [0.2, 0.25) is 0 Å². The number of hydrogen-bond acceptors (Lipinski definition) is 7. The molecule has 2 N–H and O–H groups in total. The van der Waals surface area contributed by atoms with Gasteiger partial charge in [0.1, 0.15) is 10.5 Å². The first-order valence-corrected chi connectivity index (χ1v) is 13.0. The van der Waals surface area contributed by atoms with Crippen LogP contribution in [0.5, 0.6) is 0 Å². The number of methoxy groups -OCH3 is 1. The average Bonchev–Trinajstić information content (AvgIpc) is 3.16. The third kappa shape index (κ3) is 5.04. The van der Waals surface area contributed by atoms with Gasteiger partial charge in [-0.25, -0.2) is 9.59 Å². The lowest BCUT2D eigenvalue weighted by atomic mass is 9.83. The highest BCUT2D eigenvalue weighted by Crippen LogP contribution is 2.41. The fraction of sp³-hybridized carbons (Fsp3) is 0.160. The molecule has 1 atom stereocenters. The van der Waals surface area contributed by atoms with Crippen LogP contribution in [0.25, 0.3) is 17.5 Å². The van der Waals surface area contributed by atoms with Crippen LogP contribution in [0.1, 0.15) is 24.0 Å². The Balaban J connectivity index is 2.15. The predicted octanol–water partition coefficient (Wildman–Crippen LogP) is 4.16. The summed E-state index contributed by atoms with van der Waals surface area (Å²) in [4.78, 5) is 39.9. The van der Waals surface area contributed by atoms with Crippen LogP contribution in [-0.4, -0.2) is 30.2 Å². The number of nitrogens with two attached hydrogens (primary N) is 1. The molecule has 2 aromatic carbocycles. The first kappa shape index (κ1) is 27.3. The maximum atomic E-state index is 13.5. The van der Waals surface area contributed by atoms with E-state index < -0.39 is 23.4 Å². The molecule has 0 fully saturated rings. The number of ether oxygens (including phenoxy) is 2. The van der Waals surface area contributed by atoms with E-state index in [1.165, 1.54) is 19.2 Å². The van der Waals surface area contributed by atoms with Crippen molar-refractivity contribution >= 4 is 87.1 Å². The second-order valence-electron chi connectivity index (χ2n) is 7.75. The first-order chi connectivity index (χ1) is 17.6. The summed E-state index contributed by atoms with van der Waals surface area (Å²) in [6.07, 6.45) is 1.55. The molecule has 12 heteroatoms. The fourth-order valence-corrected chi connectivity index (χ4v) is 6.11. The highest BCUT2D eigenvalue weighted by molar-refractivity contribution is 7.07. The lowest BCUT2D eigenvalue weighted by molar-refractivity contribution is -0.138. The number of thiazole rings is 1. The van der Waals surface area contributed by atoms with E-state index in [1.54, 1.807) is 37.3 Å². The van der Waals surface area contributed by atoms with E-state index in [0.717, 1.165) is 15.9 Å². The third-order valence-corrected chi connectivity index (χ3v) is 7.80. The Kier molecular flexibility index (Phi) is 8.06. The van der Waals surface area contributed by atoms with Crippen molar-refractivity contribution in [1.82, 2.24) is 4.57 Å². The SMILES string of the molecule is CCOC(=O)C1=C(N)n2c(sc(=Cc3ccc(Cl)cc3Cl)c2=O)=C(C(=O)OC)C1c1ccc(Cl)cc1Cl. The van der Waals surface area contributed by atoms with E-state index in [2.05, 4.69) is 0 Å². The summed E-state index contributed by atoms with van der Waals surface area (Å²) < 4.78 is 11.8. The normalized spacial score (nSPS) is 15.6. The van der Waals surface area contributed by atoms with Gasteiger partial charge in [-0.1, -0.05) is 58.5 Å².